The van der Waals surface area contributed by atoms with Crippen molar-refractivity contribution in [1.82, 2.24) is 10.2 Å². The highest BCUT2D eigenvalue weighted by atomic mass is 19.1. The fourth-order valence-electron chi connectivity index (χ4n) is 2.60. The Bertz CT molecular complexity index is 540. The van der Waals surface area contributed by atoms with Gasteiger partial charge in [-0.15, -0.1) is 0 Å². The first kappa shape index (κ1) is 15.4. The Morgan fingerprint density at radius 2 is 1.86 bits per heavy atom. The van der Waals surface area contributed by atoms with Gasteiger partial charge in [0.2, 0.25) is 11.8 Å². The van der Waals surface area contributed by atoms with Gasteiger partial charge >= 0.3 is 0 Å². The number of carbonyl (C=O) groups excluding carboxylic acids is 2. The van der Waals surface area contributed by atoms with E-state index in [-0.39, 0.29) is 30.8 Å². The zero-order valence-corrected chi connectivity index (χ0v) is 12.0. The molecule has 21 heavy (non-hydrogen) atoms. The molecule has 0 saturated carbocycles. The van der Waals surface area contributed by atoms with Gasteiger partial charge in [-0.25, -0.2) is 8.78 Å². The summed E-state index contributed by atoms with van der Waals surface area (Å²) in [6.45, 7) is 3.95. The highest BCUT2D eigenvalue weighted by Gasteiger charge is 2.35. The van der Waals surface area contributed by atoms with E-state index < -0.39 is 17.7 Å². The summed E-state index contributed by atoms with van der Waals surface area (Å²) in [6, 6.07) is 2.74. The van der Waals surface area contributed by atoms with Gasteiger partial charge in [0, 0.05) is 12.6 Å². The monoisotopic (exact) mass is 296 g/mol. The fourth-order valence-corrected chi connectivity index (χ4v) is 2.60. The van der Waals surface area contributed by atoms with E-state index in [2.05, 4.69) is 5.32 Å². The summed E-state index contributed by atoms with van der Waals surface area (Å²) < 4.78 is 26.3. The predicted molar refractivity (Wildman–Crippen MR) is 73.4 cm³/mol. The van der Waals surface area contributed by atoms with Gasteiger partial charge in [0.05, 0.1) is 6.54 Å². The third-order valence-electron chi connectivity index (χ3n) is 3.53. The van der Waals surface area contributed by atoms with Crippen LogP contribution in [-0.2, 0) is 16.0 Å². The van der Waals surface area contributed by atoms with Gasteiger partial charge in [-0.05, 0) is 30.0 Å². The quantitative estimate of drug-likeness (QED) is 0.915. The normalized spacial score (nSPS) is 19.1. The molecule has 2 amide bonds. The number of hydrogen-bond donors (Lipinski definition) is 1. The second kappa shape index (κ2) is 6.20. The maximum absolute atomic E-state index is 13.2. The van der Waals surface area contributed by atoms with Crippen molar-refractivity contribution in [1.29, 1.82) is 0 Å². The van der Waals surface area contributed by atoms with Crippen molar-refractivity contribution in [2.45, 2.75) is 26.3 Å². The van der Waals surface area contributed by atoms with Crippen molar-refractivity contribution in [3.05, 3.63) is 35.4 Å². The zero-order chi connectivity index (χ0) is 15.6. The number of piperazine rings is 1. The number of amides is 2. The third kappa shape index (κ3) is 3.56. The van der Waals surface area contributed by atoms with Crippen LogP contribution in [0.5, 0.6) is 0 Å². The Kier molecular flexibility index (Phi) is 4.55. The summed E-state index contributed by atoms with van der Waals surface area (Å²) in [5.41, 5.74) is 0.466. The van der Waals surface area contributed by atoms with Crippen molar-refractivity contribution in [2.75, 3.05) is 13.1 Å². The van der Waals surface area contributed by atoms with Gasteiger partial charge in [-0.2, -0.15) is 0 Å². The van der Waals surface area contributed by atoms with Gasteiger partial charge in [0.1, 0.15) is 17.7 Å². The number of halogens is 2. The molecule has 0 spiro atoms. The first-order chi connectivity index (χ1) is 9.88. The van der Waals surface area contributed by atoms with Crippen molar-refractivity contribution in [3.8, 4) is 0 Å². The maximum Gasteiger partial charge on any atom is 0.243 e. The minimum Gasteiger partial charge on any atom is -0.345 e. The van der Waals surface area contributed by atoms with Gasteiger partial charge in [0.25, 0.3) is 0 Å². The zero-order valence-electron chi connectivity index (χ0n) is 12.0. The molecular formula is C15H18F2N2O2. The average molecular weight is 296 g/mol. The number of benzene rings is 1. The van der Waals surface area contributed by atoms with Gasteiger partial charge < -0.3 is 10.2 Å². The molecule has 2 rings (SSSR count). The Morgan fingerprint density at radius 1 is 1.24 bits per heavy atom. The van der Waals surface area contributed by atoms with E-state index in [4.69, 9.17) is 0 Å². The number of rotatable bonds is 4. The number of nitrogens with zero attached hydrogens (tertiary/aromatic N) is 1. The Labute approximate surface area is 122 Å². The number of nitrogens with one attached hydrogen (secondary N) is 1. The van der Waals surface area contributed by atoms with Gasteiger partial charge in [-0.1, -0.05) is 13.8 Å². The number of carbonyl (C=O) groups is 2. The lowest BCUT2D eigenvalue weighted by Gasteiger charge is -2.37. The van der Waals surface area contributed by atoms with Crippen LogP contribution >= 0.6 is 0 Å². The smallest absolute Gasteiger partial charge is 0.243 e. The molecule has 0 radical (unpaired) electrons. The second-order valence-corrected chi connectivity index (χ2v) is 5.52. The molecule has 1 heterocycles. The largest absolute Gasteiger partial charge is 0.345 e. The summed E-state index contributed by atoms with van der Waals surface area (Å²) >= 11 is 0. The van der Waals surface area contributed by atoms with Gasteiger partial charge in [0.15, 0.2) is 0 Å². The highest BCUT2D eigenvalue weighted by Crippen LogP contribution is 2.16. The summed E-state index contributed by atoms with van der Waals surface area (Å²) in [7, 11) is 0. The van der Waals surface area contributed by atoms with E-state index in [0.29, 0.717) is 12.0 Å². The summed E-state index contributed by atoms with van der Waals surface area (Å²) in [5, 5.41) is 2.56. The molecular weight excluding hydrogens is 278 g/mol. The van der Waals surface area contributed by atoms with Crippen LogP contribution in [0.25, 0.3) is 0 Å². The highest BCUT2D eigenvalue weighted by molar-refractivity contribution is 5.94. The molecule has 1 unspecified atom stereocenters. The average Bonchev–Trinajstić information content (AvgIpc) is 2.38. The molecule has 1 aromatic carbocycles. The SMILES string of the molecule is CC(C)C1C(=O)NCC(=O)N1CCc1cc(F)cc(F)c1. The molecule has 6 heteroatoms. The minimum atomic E-state index is -0.645. The number of hydrogen-bond acceptors (Lipinski definition) is 2. The third-order valence-corrected chi connectivity index (χ3v) is 3.53. The molecule has 1 N–H and O–H groups in total. The second-order valence-electron chi connectivity index (χ2n) is 5.52. The van der Waals surface area contributed by atoms with Crippen LogP contribution in [0.3, 0.4) is 0 Å². The maximum atomic E-state index is 13.2. The van der Waals surface area contributed by atoms with Crippen LogP contribution < -0.4 is 5.32 Å². The summed E-state index contributed by atoms with van der Waals surface area (Å²) in [4.78, 5) is 25.4. The molecule has 0 aliphatic carbocycles. The van der Waals surface area contributed by atoms with Crippen LogP contribution in [0.15, 0.2) is 18.2 Å². The Morgan fingerprint density at radius 3 is 2.43 bits per heavy atom. The molecule has 1 fully saturated rings. The van der Waals surface area contributed by atoms with E-state index in [1.54, 1.807) is 0 Å². The lowest BCUT2D eigenvalue weighted by atomic mass is 9.98. The Hall–Kier alpha value is -1.98. The molecule has 1 aromatic rings. The predicted octanol–water partition coefficient (Wildman–Crippen LogP) is 1.49. The lowest BCUT2D eigenvalue weighted by Crippen LogP contribution is -2.60. The summed E-state index contributed by atoms with van der Waals surface area (Å²) in [5.74, 6) is -1.68. The standard InChI is InChI=1S/C15H18F2N2O2/c1-9(2)14-15(21)18-8-13(20)19(14)4-3-10-5-11(16)7-12(17)6-10/h5-7,9,14H,3-4,8H2,1-2H3,(H,18,21). The van der Waals surface area contributed by atoms with Crippen molar-refractivity contribution >= 4 is 11.8 Å². The van der Waals surface area contributed by atoms with Crippen molar-refractivity contribution in [2.24, 2.45) is 5.92 Å². The van der Waals surface area contributed by atoms with Crippen molar-refractivity contribution in [3.63, 3.8) is 0 Å². The van der Waals surface area contributed by atoms with Crippen LogP contribution in [0.2, 0.25) is 0 Å². The molecule has 0 aromatic heterocycles. The minimum absolute atomic E-state index is 0.0282. The molecule has 114 valence electrons. The van der Waals surface area contributed by atoms with Crippen LogP contribution in [0.1, 0.15) is 19.4 Å². The van der Waals surface area contributed by atoms with Crippen LogP contribution in [0.4, 0.5) is 8.78 Å². The van der Waals surface area contributed by atoms with Gasteiger partial charge in [-0.3, -0.25) is 9.59 Å². The van der Waals surface area contributed by atoms with Crippen LogP contribution in [0, 0.1) is 17.6 Å². The van der Waals surface area contributed by atoms with E-state index >= 15 is 0 Å². The molecule has 4 nitrogen and oxygen atoms in total. The summed E-state index contributed by atoms with van der Waals surface area (Å²) in [6.07, 6.45) is 0.302. The Balaban J connectivity index is 2.11. The fraction of sp³-hybridized carbons (Fsp3) is 0.467. The topological polar surface area (TPSA) is 49.4 Å². The molecule has 1 aliphatic heterocycles. The molecule has 1 aliphatic rings. The molecule has 1 atom stereocenters. The van der Waals surface area contributed by atoms with E-state index in [9.17, 15) is 18.4 Å². The first-order valence-electron chi connectivity index (χ1n) is 6.90. The first-order valence-corrected chi connectivity index (χ1v) is 6.90. The van der Waals surface area contributed by atoms with E-state index in [1.807, 2.05) is 13.8 Å². The van der Waals surface area contributed by atoms with Crippen LogP contribution in [-0.4, -0.2) is 35.8 Å². The lowest BCUT2D eigenvalue weighted by molar-refractivity contribution is -0.147. The van der Waals surface area contributed by atoms with E-state index in [1.165, 1.54) is 17.0 Å². The molecule has 1 saturated heterocycles. The van der Waals surface area contributed by atoms with Crippen molar-refractivity contribution < 1.29 is 18.4 Å². The van der Waals surface area contributed by atoms with E-state index in [0.717, 1.165) is 6.07 Å². The molecule has 0 bridgehead atoms.